The van der Waals surface area contributed by atoms with Crippen molar-refractivity contribution in [2.75, 3.05) is 19.8 Å². The number of ether oxygens (including phenoxy) is 6. The summed E-state index contributed by atoms with van der Waals surface area (Å²) >= 11 is 0. The standard InChI is InChI=1S/3C29H33FN2O4/c3*1-3-35-29(34)32-23-10-11-24-20(14-23)15-26-27(17(2)36-28(26)33)25(24)12-9-22-8-7-19(16-31-22)18-5-4-6-21(30)13-18/h3*4-9,12-13,16-17,20,23-27H,3,10-11,14-15H2,1-2H3,(H,32,34)/b3*12-9+/t17-,20+,23+,24+,25-,26+,27-;17-,20-,23-,24-,25-,26+,27+;17-,20-,23-,24-,25-,26-,27-/m101/s1. The van der Waals surface area contributed by atoms with E-state index in [0.29, 0.717) is 55.3 Å². The second-order valence-corrected chi connectivity index (χ2v) is 30.8. The van der Waals surface area contributed by atoms with Gasteiger partial charge in [-0.2, -0.15) is 0 Å². The lowest BCUT2D eigenvalue weighted by Gasteiger charge is -2.47. The predicted octanol–water partition coefficient (Wildman–Crippen LogP) is 16.9. The van der Waals surface area contributed by atoms with Gasteiger partial charge in [-0.25, -0.2) is 27.6 Å². The number of cyclic esters (lactones) is 3. The molecule has 3 aromatic heterocycles. The van der Waals surface area contributed by atoms with Crippen molar-refractivity contribution in [3.8, 4) is 33.4 Å². The Labute approximate surface area is 630 Å². The van der Waals surface area contributed by atoms with Crippen LogP contribution in [0.4, 0.5) is 27.6 Å². The zero-order valence-electron chi connectivity index (χ0n) is 62.2. The largest absolute Gasteiger partial charge is 0.462 e. The molecule has 18 nitrogen and oxygen atoms in total. The first-order valence-corrected chi connectivity index (χ1v) is 38.9. The second kappa shape index (κ2) is 34.7. The number of nitrogens with zero attached hydrogens (tertiary/aromatic N) is 3. The number of aromatic nitrogens is 3. The monoisotopic (exact) mass is 1480 g/mol. The third-order valence-electron chi connectivity index (χ3n) is 24.5. The van der Waals surface area contributed by atoms with Crippen LogP contribution in [0, 0.1) is 106 Å². The summed E-state index contributed by atoms with van der Waals surface area (Å²) in [4.78, 5) is 87.7. The Morgan fingerprint density at radius 2 is 0.694 bits per heavy atom. The molecule has 6 aliphatic carbocycles. The summed E-state index contributed by atoms with van der Waals surface area (Å²) in [6, 6.07) is 31.3. The van der Waals surface area contributed by atoms with Crippen LogP contribution in [-0.4, -0.2) is 107 Å². The summed E-state index contributed by atoms with van der Waals surface area (Å²) in [5, 5.41) is 9.00. The van der Waals surface area contributed by atoms with Crippen LogP contribution >= 0.6 is 0 Å². The maximum absolute atomic E-state index is 13.6. The van der Waals surface area contributed by atoms with E-state index < -0.39 is 0 Å². The molecule has 3 saturated heterocycles. The summed E-state index contributed by atoms with van der Waals surface area (Å²) in [6.45, 7) is 12.5. The number of fused-ring (bicyclic) bond motifs is 6. The number of esters is 3. The molecule has 0 unspecified atom stereocenters. The third kappa shape index (κ3) is 17.9. The molecule has 3 aliphatic heterocycles. The quantitative estimate of drug-likeness (QED) is 0.0641. The van der Waals surface area contributed by atoms with Gasteiger partial charge in [-0.15, -0.1) is 0 Å². The fourth-order valence-electron chi connectivity index (χ4n) is 19.9. The van der Waals surface area contributed by atoms with Crippen LogP contribution in [0.1, 0.15) is 136 Å². The second-order valence-electron chi connectivity index (χ2n) is 30.8. The van der Waals surface area contributed by atoms with Gasteiger partial charge in [0.2, 0.25) is 0 Å². The average molecular weight is 1480 g/mol. The molecule has 9 fully saturated rings. The maximum atomic E-state index is 13.6. The Kier molecular flexibility index (Phi) is 24.6. The van der Waals surface area contributed by atoms with E-state index in [2.05, 4.69) is 49.1 Å². The summed E-state index contributed by atoms with van der Waals surface area (Å²) in [5.74, 6) is 1.89. The summed E-state index contributed by atoms with van der Waals surface area (Å²) in [6.07, 6.45) is 27.2. The average Bonchev–Trinajstić information content (AvgIpc) is 1.54. The fourth-order valence-corrected chi connectivity index (χ4v) is 19.9. The van der Waals surface area contributed by atoms with Crippen LogP contribution in [-0.2, 0) is 42.8 Å². The van der Waals surface area contributed by atoms with Crippen LogP contribution in [0.15, 0.2) is 146 Å². The van der Waals surface area contributed by atoms with Crippen molar-refractivity contribution in [3.05, 3.63) is 181 Å². The van der Waals surface area contributed by atoms with Gasteiger partial charge in [0, 0.05) is 71.2 Å². The first kappa shape index (κ1) is 76.5. The normalized spacial score (nSPS) is 31.4. The van der Waals surface area contributed by atoms with Crippen molar-refractivity contribution >= 4 is 54.4 Å². The lowest BCUT2D eigenvalue weighted by atomic mass is 9.57. The van der Waals surface area contributed by atoms with Crippen molar-refractivity contribution in [1.29, 1.82) is 0 Å². The fraction of sp³-hybridized carbons (Fsp3) is 0.483. The van der Waals surface area contributed by atoms with Crippen molar-refractivity contribution in [2.45, 2.75) is 155 Å². The SMILES string of the molecule is CCOC(=O)N[C@@H]1CC[C@@H]2[C@H](C1)C[C@H]1C(=O)O[C@H](C)[C@@H]1[C@@H]2/C=C/c1ccc(-c2cccc(F)c2)cn1.CCOC(=O)N[C@H]1CC[C@H]2[C@@H](C1)C[C@@H]1C(=O)O[C@H](C)[C@@H]1[C@@H]2/C=C/c1ccc(-c2cccc(F)c2)cn1.CCOC(=O)N[C@H]1CC[C@H]2[C@@H](C1)C[C@H]1C(=O)O[C@@H](C)[C@@H]1[C@H]2/C=C/c1ccc(-c2cccc(F)c2)cn1. The summed E-state index contributed by atoms with van der Waals surface area (Å²) in [5.41, 5.74) is 7.43. The molecule has 3 N–H and O–H groups in total. The Bertz CT molecular complexity index is 3830. The highest BCUT2D eigenvalue weighted by Gasteiger charge is 2.58. The van der Waals surface area contributed by atoms with Crippen molar-refractivity contribution in [3.63, 3.8) is 0 Å². The smallest absolute Gasteiger partial charge is 0.407 e. The first-order chi connectivity index (χ1) is 52.3. The van der Waals surface area contributed by atoms with Crippen molar-refractivity contribution < 1.29 is 70.4 Å². The van der Waals surface area contributed by atoms with Gasteiger partial charge in [0.1, 0.15) is 35.8 Å². The number of carbonyl (C=O) groups excluding carboxylic acids is 6. The van der Waals surface area contributed by atoms with E-state index in [4.69, 9.17) is 28.4 Å². The van der Waals surface area contributed by atoms with Crippen LogP contribution in [0.5, 0.6) is 0 Å². The number of nitrogens with one attached hydrogen (secondary N) is 3. The highest BCUT2D eigenvalue weighted by Crippen LogP contribution is 2.57. The van der Waals surface area contributed by atoms with Gasteiger partial charge in [-0.1, -0.05) is 72.8 Å². The van der Waals surface area contributed by atoms with Gasteiger partial charge in [-0.3, -0.25) is 29.3 Å². The molecule has 0 spiro atoms. The molecular weight excluding hydrogens is 1380 g/mol. The molecule has 6 aromatic rings. The van der Waals surface area contributed by atoms with E-state index >= 15 is 0 Å². The molecule has 21 heteroatoms. The molecule has 0 bridgehead atoms. The van der Waals surface area contributed by atoms with Gasteiger partial charge in [-0.05, 0) is 261 Å². The number of hydrogen-bond acceptors (Lipinski definition) is 15. The number of rotatable bonds is 15. The van der Waals surface area contributed by atoms with Gasteiger partial charge < -0.3 is 44.4 Å². The van der Waals surface area contributed by atoms with E-state index in [9.17, 15) is 41.9 Å². The molecule has 9 aliphatic rings. The van der Waals surface area contributed by atoms with E-state index in [-0.39, 0.29) is 143 Å². The zero-order chi connectivity index (χ0) is 75.7. The maximum Gasteiger partial charge on any atom is 0.407 e. The third-order valence-corrected chi connectivity index (χ3v) is 24.5. The highest BCUT2D eigenvalue weighted by molar-refractivity contribution is 5.78. The minimum Gasteiger partial charge on any atom is -0.462 e. The summed E-state index contributed by atoms with van der Waals surface area (Å²) in [7, 11) is 0. The Balaban J connectivity index is 0.000000143. The highest BCUT2D eigenvalue weighted by atomic mass is 19.1. The lowest BCUT2D eigenvalue weighted by molar-refractivity contribution is -0.145. The molecule has 570 valence electrons. The number of carbonyl (C=O) groups is 6. The van der Waals surface area contributed by atoms with E-state index in [0.717, 1.165) is 128 Å². The molecular formula is C87H99F3N6O12. The van der Waals surface area contributed by atoms with Crippen LogP contribution in [0.2, 0.25) is 0 Å². The van der Waals surface area contributed by atoms with Crippen LogP contribution in [0.25, 0.3) is 51.6 Å². The predicted molar refractivity (Wildman–Crippen MR) is 402 cm³/mol. The molecule has 3 aromatic carbocycles. The number of halogens is 3. The Morgan fingerprint density at radius 1 is 0.407 bits per heavy atom. The van der Waals surface area contributed by atoms with E-state index in [1.54, 1.807) is 57.6 Å². The van der Waals surface area contributed by atoms with E-state index in [1.807, 2.05) is 93.6 Å². The lowest BCUT2D eigenvalue weighted by Crippen LogP contribution is -2.48. The Morgan fingerprint density at radius 3 is 0.944 bits per heavy atom. The van der Waals surface area contributed by atoms with E-state index in [1.165, 1.54) is 36.4 Å². The molecule has 108 heavy (non-hydrogen) atoms. The van der Waals surface area contributed by atoms with Crippen molar-refractivity contribution in [1.82, 2.24) is 30.9 Å². The van der Waals surface area contributed by atoms with Gasteiger partial charge in [0.15, 0.2) is 0 Å². The minimum atomic E-state index is -0.368. The van der Waals surface area contributed by atoms with Gasteiger partial charge in [0.25, 0.3) is 0 Å². The number of amides is 3. The molecule has 0 radical (unpaired) electrons. The number of allylic oxidation sites excluding steroid dienone is 3. The van der Waals surface area contributed by atoms with Crippen molar-refractivity contribution in [2.24, 2.45) is 88.8 Å². The topological polar surface area (TPSA) is 233 Å². The number of benzene rings is 3. The minimum absolute atomic E-state index is 0.0679. The van der Waals surface area contributed by atoms with Gasteiger partial charge >= 0.3 is 36.2 Å². The molecule has 3 amide bonds. The number of hydrogen-bond donors (Lipinski definition) is 3. The van der Waals surface area contributed by atoms with Crippen LogP contribution < -0.4 is 16.0 Å². The first-order valence-electron chi connectivity index (χ1n) is 38.9. The summed E-state index contributed by atoms with van der Waals surface area (Å²) < 4.78 is 73.0. The molecule has 21 atom stereocenters. The zero-order valence-corrected chi connectivity index (χ0v) is 62.2. The molecule has 15 rings (SSSR count). The molecule has 6 saturated carbocycles. The number of pyridine rings is 3. The van der Waals surface area contributed by atoms with Crippen LogP contribution in [0.3, 0.4) is 0 Å². The Hall–Kier alpha value is -9.66. The number of alkyl carbamates (subject to hydrolysis) is 3. The molecule has 6 heterocycles. The van der Waals surface area contributed by atoms with Gasteiger partial charge in [0.05, 0.1) is 54.7 Å².